The van der Waals surface area contributed by atoms with Crippen LogP contribution in [0.15, 0.2) is 70.9 Å². The molecule has 0 aliphatic carbocycles. The van der Waals surface area contributed by atoms with E-state index in [0.717, 1.165) is 12.4 Å². The van der Waals surface area contributed by atoms with Crippen molar-refractivity contribution < 1.29 is 19.2 Å². The van der Waals surface area contributed by atoms with Crippen molar-refractivity contribution in [3.05, 3.63) is 71.8 Å². The number of carbonyl (C=O) groups is 4. The van der Waals surface area contributed by atoms with Crippen LogP contribution in [0.4, 0.5) is 0 Å². The number of hydrogen-bond donors (Lipinski definition) is 4. The summed E-state index contributed by atoms with van der Waals surface area (Å²) < 4.78 is 0. The first kappa shape index (κ1) is 22.0. The van der Waals surface area contributed by atoms with Crippen LogP contribution in [0.25, 0.3) is 0 Å². The van der Waals surface area contributed by atoms with Crippen molar-refractivity contribution >= 4 is 36.1 Å². The zero-order valence-electron chi connectivity index (χ0n) is 15.9. The third-order valence-corrected chi connectivity index (χ3v) is 3.49. The average Bonchev–Trinajstić information content (AvgIpc) is 2.79. The molecule has 2 aromatic rings. The monoisotopic (exact) mass is 408 g/mol. The van der Waals surface area contributed by atoms with Gasteiger partial charge in [0.05, 0.1) is 25.5 Å². The Kier molecular flexibility index (Phi) is 8.92. The Morgan fingerprint density at radius 3 is 1.37 bits per heavy atom. The molecule has 0 unspecified atom stereocenters. The number of benzene rings is 2. The molecule has 0 saturated heterocycles. The molecule has 2 rings (SSSR count). The predicted octanol–water partition coefficient (Wildman–Crippen LogP) is 0.0504. The van der Waals surface area contributed by atoms with Crippen LogP contribution < -0.4 is 21.5 Å². The SMILES string of the molecule is O=C(CNC(=O)c1ccccc1)N/N=C/C=N/NC(=O)CNC(=O)c1ccccc1. The first-order valence-electron chi connectivity index (χ1n) is 8.85. The van der Waals surface area contributed by atoms with E-state index >= 15 is 0 Å². The molecule has 10 heteroatoms. The topological polar surface area (TPSA) is 141 Å². The van der Waals surface area contributed by atoms with E-state index in [4.69, 9.17) is 0 Å². The van der Waals surface area contributed by atoms with Crippen molar-refractivity contribution in [2.45, 2.75) is 0 Å². The summed E-state index contributed by atoms with van der Waals surface area (Å²) in [5.74, 6) is -1.81. The molecule has 0 aliphatic heterocycles. The van der Waals surface area contributed by atoms with Crippen LogP contribution >= 0.6 is 0 Å². The van der Waals surface area contributed by atoms with Gasteiger partial charge >= 0.3 is 0 Å². The molecule has 0 heterocycles. The first-order chi connectivity index (χ1) is 14.6. The Morgan fingerprint density at radius 2 is 1.00 bits per heavy atom. The van der Waals surface area contributed by atoms with Crippen molar-refractivity contribution in [3.63, 3.8) is 0 Å². The van der Waals surface area contributed by atoms with Crippen molar-refractivity contribution in [2.24, 2.45) is 10.2 Å². The second kappa shape index (κ2) is 12.2. The molecule has 4 N–H and O–H groups in total. The summed E-state index contributed by atoms with van der Waals surface area (Å²) >= 11 is 0. The molecular formula is C20H20N6O4. The molecular weight excluding hydrogens is 388 g/mol. The minimum Gasteiger partial charge on any atom is -0.343 e. The van der Waals surface area contributed by atoms with Crippen LogP contribution in [0, 0.1) is 0 Å². The molecule has 0 atom stereocenters. The lowest BCUT2D eigenvalue weighted by Gasteiger charge is -2.04. The molecule has 0 bridgehead atoms. The molecule has 2 aromatic carbocycles. The van der Waals surface area contributed by atoms with E-state index in [1.807, 2.05) is 0 Å². The zero-order valence-corrected chi connectivity index (χ0v) is 15.9. The normalized spacial score (nSPS) is 10.5. The molecule has 10 nitrogen and oxygen atoms in total. The lowest BCUT2D eigenvalue weighted by molar-refractivity contribution is -0.120. The van der Waals surface area contributed by atoms with E-state index in [1.165, 1.54) is 0 Å². The number of nitrogens with zero attached hydrogens (tertiary/aromatic N) is 2. The maximum Gasteiger partial charge on any atom is 0.259 e. The highest BCUT2D eigenvalue weighted by Crippen LogP contribution is 1.97. The first-order valence-corrected chi connectivity index (χ1v) is 8.85. The van der Waals surface area contributed by atoms with Gasteiger partial charge in [0, 0.05) is 11.1 Å². The molecule has 0 radical (unpaired) electrons. The number of hydrazone groups is 2. The van der Waals surface area contributed by atoms with E-state index in [2.05, 4.69) is 31.7 Å². The van der Waals surface area contributed by atoms with Crippen molar-refractivity contribution in [3.8, 4) is 0 Å². The minimum absolute atomic E-state index is 0.250. The van der Waals surface area contributed by atoms with Gasteiger partial charge in [0.25, 0.3) is 23.6 Å². The van der Waals surface area contributed by atoms with Gasteiger partial charge < -0.3 is 10.6 Å². The van der Waals surface area contributed by atoms with Crippen LogP contribution in [0.1, 0.15) is 20.7 Å². The Morgan fingerprint density at radius 1 is 0.633 bits per heavy atom. The molecule has 0 aromatic heterocycles. The highest BCUT2D eigenvalue weighted by molar-refractivity contribution is 6.16. The van der Waals surface area contributed by atoms with Gasteiger partial charge in [-0.25, -0.2) is 10.9 Å². The van der Waals surface area contributed by atoms with Gasteiger partial charge in [-0.1, -0.05) is 36.4 Å². The van der Waals surface area contributed by atoms with E-state index in [9.17, 15) is 19.2 Å². The second-order valence-corrected chi connectivity index (χ2v) is 5.72. The summed E-state index contributed by atoms with van der Waals surface area (Å²) in [6.07, 6.45) is 2.28. The summed E-state index contributed by atoms with van der Waals surface area (Å²) in [6.45, 7) is -0.500. The summed E-state index contributed by atoms with van der Waals surface area (Å²) in [5.41, 5.74) is 5.26. The smallest absolute Gasteiger partial charge is 0.259 e. The van der Waals surface area contributed by atoms with Crippen LogP contribution in [-0.4, -0.2) is 49.1 Å². The van der Waals surface area contributed by atoms with E-state index < -0.39 is 11.8 Å². The third kappa shape index (κ3) is 8.13. The van der Waals surface area contributed by atoms with Gasteiger partial charge in [-0.05, 0) is 24.3 Å². The maximum atomic E-state index is 11.8. The van der Waals surface area contributed by atoms with Gasteiger partial charge in [0.2, 0.25) is 0 Å². The molecule has 0 saturated carbocycles. The van der Waals surface area contributed by atoms with Crippen LogP contribution in [0.3, 0.4) is 0 Å². The quantitative estimate of drug-likeness (QED) is 0.344. The molecule has 4 amide bonds. The van der Waals surface area contributed by atoms with Gasteiger partial charge in [-0.3, -0.25) is 19.2 Å². The van der Waals surface area contributed by atoms with Crippen molar-refractivity contribution in [1.29, 1.82) is 0 Å². The summed E-state index contributed by atoms with van der Waals surface area (Å²) in [5, 5.41) is 12.1. The van der Waals surface area contributed by atoms with Gasteiger partial charge in [-0.15, -0.1) is 0 Å². The molecule has 154 valence electrons. The minimum atomic E-state index is -0.531. The van der Waals surface area contributed by atoms with Crippen LogP contribution in [-0.2, 0) is 9.59 Å². The van der Waals surface area contributed by atoms with Crippen molar-refractivity contribution in [1.82, 2.24) is 21.5 Å². The van der Waals surface area contributed by atoms with E-state index in [-0.39, 0.29) is 24.9 Å². The van der Waals surface area contributed by atoms with Gasteiger partial charge in [0.1, 0.15) is 0 Å². The Balaban J connectivity index is 1.59. The molecule has 0 fully saturated rings. The summed E-state index contributed by atoms with van der Waals surface area (Å²) in [6, 6.07) is 16.9. The highest BCUT2D eigenvalue weighted by atomic mass is 16.2. The molecule has 0 spiro atoms. The Hall–Kier alpha value is -4.34. The fourth-order valence-corrected chi connectivity index (χ4v) is 2.07. The Labute approximate surface area is 172 Å². The lowest BCUT2D eigenvalue weighted by Crippen LogP contribution is -2.35. The molecule has 30 heavy (non-hydrogen) atoms. The fourth-order valence-electron chi connectivity index (χ4n) is 2.07. The van der Waals surface area contributed by atoms with Gasteiger partial charge in [0.15, 0.2) is 0 Å². The van der Waals surface area contributed by atoms with Crippen molar-refractivity contribution in [2.75, 3.05) is 13.1 Å². The summed E-state index contributed by atoms with van der Waals surface area (Å²) in [7, 11) is 0. The standard InChI is InChI=1S/C20H20N6O4/c27-17(13-21-19(29)15-7-3-1-4-8-15)25-23-11-12-24-26-18(28)14-22-20(30)16-9-5-2-6-10-16/h1-12H,13-14H2,(H,21,29)(H,22,30)(H,25,27)(H,26,28)/b23-11+,24-12+. The Bertz CT molecular complexity index is 851. The maximum absolute atomic E-state index is 11.8. The largest absolute Gasteiger partial charge is 0.343 e. The number of rotatable bonds is 9. The van der Waals surface area contributed by atoms with E-state index in [0.29, 0.717) is 11.1 Å². The fraction of sp³-hybridized carbons (Fsp3) is 0.100. The average molecular weight is 408 g/mol. The summed E-state index contributed by atoms with van der Waals surface area (Å²) in [4.78, 5) is 46.8. The number of carbonyl (C=O) groups excluding carboxylic acids is 4. The number of nitrogens with one attached hydrogen (secondary N) is 4. The molecule has 0 aliphatic rings. The van der Waals surface area contributed by atoms with Crippen LogP contribution in [0.5, 0.6) is 0 Å². The third-order valence-electron chi connectivity index (χ3n) is 3.49. The zero-order chi connectivity index (χ0) is 21.6. The van der Waals surface area contributed by atoms with Gasteiger partial charge in [-0.2, -0.15) is 10.2 Å². The number of hydrogen-bond acceptors (Lipinski definition) is 6. The highest BCUT2D eigenvalue weighted by Gasteiger charge is 2.07. The predicted molar refractivity (Wildman–Crippen MR) is 111 cm³/mol. The van der Waals surface area contributed by atoms with E-state index in [1.54, 1.807) is 60.7 Å². The second-order valence-electron chi connectivity index (χ2n) is 5.72. The van der Waals surface area contributed by atoms with Crippen LogP contribution in [0.2, 0.25) is 0 Å². The number of amides is 4. The lowest BCUT2D eigenvalue weighted by atomic mass is 10.2.